The molecule has 5 rings (SSSR count). The highest BCUT2D eigenvalue weighted by Crippen LogP contribution is 2.32. The maximum absolute atomic E-state index is 12.6. The molecule has 0 saturated carbocycles. The Balaban J connectivity index is 1.57. The number of rotatable bonds is 8. The molecule has 0 aliphatic heterocycles. The van der Waals surface area contributed by atoms with E-state index in [1.165, 1.54) is 17.3 Å². The smallest absolute Gasteiger partial charge is 0.311 e. The summed E-state index contributed by atoms with van der Waals surface area (Å²) in [5, 5.41) is 23.5. The SMILES string of the molecule is O=C(O)[C@@H](CC(=Nn1cnnc1)c1ccccc1)c1cn(Cc2ccccc2)c2ccccc12. The number of aromatic nitrogens is 4. The van der Waals surface area contributed by atoms with Crippen LogP contribution in [0.1, 0.15) is 29.0 Å². The molecule has 5 aromatic rings. The van der Waals surface area contributed by atoms with Gasteiger partial charge in [-0.3, -0.25) is 4.79 Å². The molecule has 1 N–H and O–H groups in total. The largest absolute Gasteiger partial charge is 0.481 e. The number of carboxylic acids is 1. The van der Waals surface area contributed by atoms with E-state index in [2.05, 4.69) is 32.0 Å². The van der Waals surface area contributed by atoms with E-state index in [1.54, 1.807) is 0 Å². The van der Waals surface area contributed by atoms with E-state index in [4.69, 9.17) is 0 Å². The molecule has 2 aromatic heterocycles. The number of aliphatic carboxylic acids is 1. The fraction of sp³-hybridized carbons (Fsp3) is 0.111. The Kier molecular flexibility index (Phi) is 5.99. The summed E-state index contributed by atoms with van der Waals surface area (Å²) in [5.74, 6) is -1.67. The van der Waals surface area contributed by atoms with E-state index < -0.39 is 11.9 Å². The lowest BCUT2D eigenvalue weighted by molar-refractivity contribution is -0.138. The molecule has 0 saturated heterocycles. The van der Waals surface area contributed by atoms with E-state index in [0.717, 1.165) is 27.6 Å². The number of fused-ring (bicyclic) bond motifs is 1. The predicted octanol–water partition coefficient (Wildman–Crippen LogP) is 4.79. The van der Waals surface area contributed by atoms with Crippen LogP contribution >= 0.6 is 0 Å². The predicted molar refractivity (Wildman–Crippen MR) is 131 cm³/mol. The van der Waals surface area contributed by atoms with Gasteiger partial charge >= 0.3 is 5.97 Å². The zero-order valence-electron chi connectivity index (χ0n) is 18.4. The van der Waals surface area contributed by atoms with Crippen molar-refractivity contribution in [1.82, 2.24) is 19.4 Å². The number of nitrogens with zero attached hydrogens (tertiary/aromatic N) is 5. The average molecular weight is 450 g/mol. The minimum Gasteiger partial charge on any atom is -0.481 e. The third-order valence-corrected chi connectivity index (χ3v) is 5.84. The van der Waals surface area contributed by atoms with Gasteiger partial charge in [0.15, 0.2) is 0 Å². The summed E-state index contributed by atoms with van der Waals surface area (Å²) in [6.45, 7) is 0.661. The Bertz CT molecular complexity index is 1420. The molecular weight excluding hydrogens is 426 g/mol. The van der Waals surface area contributed by atoms with E-state index >= 15 is 0 Å². The van der Waals surface area contributed by atoms with E-state index in [0.29, 0.717) is 12.3 Å². The van der Waals surface area contributed by atoms with Crippen LogP contribution in [0.2, 0.25) is 0 Å². The zero-order chi connectivity index (χ0) is 23.3. The fourth-order valence-corrected chi connectivity index (χ4v) is 4.22. The van der Waals surface area contributed by atoms with Crippen LogP contribution in [0.4, 0.5) is 0 Å². The van der Waals surface area contributed by atoms with Gasteiger partial charge in [0.25, 0.3) is 0 Å². The van der Waals surface area contributed by atoms with Gasteiger partial charge in [0.05, 0.1) is 11.6 Å². The van der Waals surface area contributed by atoms with Gasteiger partial charge in [-0.15, -0.1) is 10.2 Å². The van der Waals surface area contributed by atoms with Crippen molar-refractivity contribution in [3.8, 4) is 0 Å². The second kappa shape index (κ2) is 9.54. The lowest BCUT2D eigenvalue weighted by Gasteiger charge is -2.14. The van der Waals surface area contributed by atoms with E-state index in [9.17, 15) is 9.90 Å². The van der Waals surface area contributed by atoms with Crippen LogP contribution in [0.5, 0.6) is 0 Å². The topological polar surface area (TPSA) is 85.3 Å². The Morgan fingerprint density at radius 3 is 2.24 bits per heavy atom. The van der Waals surface area contributed by atoms with Gasteiger partial charge in [-0.2, -0.15) is 5.10 Å². The van der Waals surface area contributed by atoms with Crippen LogP contribution < -0.4 is 0 Å². The van der Waals surface area contributed by atoms with E-state index in [-0.39, 0.29) is 6.42 Å². The van der Waals surface area contributed by atoms with Crippen molar-refractivity contribution >= 4 is 22.6 Å². The van der Waals surface area contributed by atoms with Crippen molar-refractivity contribution in [2.45, 2.75) is 18.9 Å². The quantitative estimate of drug-likeness (QED) is 0.345. The van der Waals surface area contributed by atoms with Crippen LogP contribution in [-0.2, 0) is 11.3 Å². The van der Waals surface area contributed by atoms with Crippen LogP contribution in [0, 0.1) is 0 Å². The summed E-state index contributed by atoms with van der Waals surface area (Å²) < 4.78 is 3.62. The molecule has 0 amide bonds. The molecule has 0 unspecified atom stereocenters. The fourth-order valence-electron chi connectivity index (χ4n) is 4.22. The number of hydrogen-bond donors (Lipinski definition) is 1. The maximum atomic E-state index is 12.6. The minimum atomic E-state index is -0.894. The molecule has 34 heavy (non-hydrogen) atoms. The molecule has 3 aromatic carbocycles. The maximum Gasteiger partial charge on any atom is 0.311 e. The molecule has 168 valence electrons. The standard InChI is InChI=1S/C27H23N5O2/c33-27(34)23(15-25(21-11-5-2-6-12-21)30-32-18-28-29-19-32)24-17-31(16-20-9-3-1-4-10-20)26-14-8-7-13-22(24)26/h1-14,17-19,23H,15-16H2,(H,33,34)/t23-/m0/s1. The van der Waals surface area contributed by atoms with Crippen LogP contribution in [0.3, 0.4) is 0 Å². The molecule has 7 heteroatoms. The lowest BCUT2D eigenvalue weighted by Crippen LogP contribution is -2.17. The number of para-hydroxylation sites is 1. The van der Waals surface area contributed by atoms with Crippen LogP contribution in [-0.4, -0.2) is 36.2 Å². The van der Waals surface area contributed by atoms with Crippen molar-refractivity contribution in [1.29, 1.82) is 0 Å². The van der Waals surface area contributed by atoms with Gasteiger partial charge < -0.3 is 9.67 Å². The molecule has 0 spiro atoms. The molecule has 2 heterocycles. The van der Waals surface area contributed by atoms with Gasteiger partial charge in [0, 0.05) is 30.1 Å². The third-order valence-electron chi connectivity index (χ3n) is 5.84. The van der Waals surface area contributed by atoms with Gasteiger partial charge in [-0.1, -0.05) is 78.9 Å². The Morgan fingerprint density at radius 2 is 1.53 bits per heavy atom. The second-order valence-corrected chi connectivity index (χ2v) is 8.06. The van der Waals surface area contributed by atoms with Gasteiger partial charge in [0.1, 0.15) is 12.7 Å². The van der Waals surface area contributed by atoms with Crippen molar-refractivity contribution in [2.75, 3.05) is 0 Å². The highest BCUT2D eigenvalue weighted by molar-refractivity contribution is 6.04. The molecule has 0 aliphatic rings. The molecular formula is C27H23N5O2. The van der Waals surface area contributed by atoms with Gasteiger partial charge in [-0.05, 0) is 22.8 Å². The van der Waals surface area contributed by atoms with Crippen molar-refractivity contribution in [3.63, 3.8) is 0 Å². The van der Waals surface area contributed by atoms with Gasteiger partial charge in [-0.25, -0.2) is 4.68 Å². The first-order valence-corrected chi connectivity index (χ1v) is 11.0. The summed E-state index contributed by atoms with van der Waals surface area (Å²) in [6, 6.07) is 27.7. The molecule has 0 bridgehead atoms. The Hall–Kier alpha value is -4.52. The minimum absolute atomic E-state index is 0.219. The summed E-state index contributed by atoms with van der Waals surface area (Å²) in [6.07, 6.45) is 5.17. The number of carboxylic acid groups (broad SMARTS) is 1. The van der Waals surface area contributed by atoms with E-state index in [1.807, 2.05) is 79.0 Å². The van der Waals surface area contributed by atoms with Crippen molar-refractivity contribution in [3.05, 3.63) is 120 Å². The Labute approximate surface area is 196 Å². The first-order chi connectivity index (χ1) is 16.7. The average Bonchev–Trinajstić information content (AvgIpc) is 3.51. The highest BCUT2D eigenvalue weighted by atomic mass is 16.4. The van der Waals surface area contributed by atoms with Crippen molar-refractivity contribution < 1.29 is 9.90 Å². The third kappa shape index (κ3) is 4.49. The molecule has 0 fully saturated rings. The second-order valence-electron chi connectivity index (χ2n) is 8.06. The van der Waals surface area contributed by atoms with Crippen molar-refractivity contribution in [2.24, 2.45) is 5.10 Å². The lowest BCUT2D eigenvalue weighted by atomic mass is 9.91. The number of hydrogen-bond acceptors (Lipinski definition) is 4. The normalized spacial score (nSPS) is 12.6. The highest BCUT2D eigenvalue weighted by Gasteiger charge is 2.27. The van der Waals surface area contributed by atoms with Crippen LogP contribution in [0.15, 0.2) is 109 Å². The summed E-state index contributed by atoms with van der Waals surface area (Å²) >= 11 is 0. The number of benzene rings is 3. The van der Waals surface area contributed by atoms with Crippen LogP contribution in [0.25, 0.3) is 10.9 Å². The summed E-state index contributed by atoms with van der Waals surface area (Å²) in [7, 11) is 0. The molecule has 7 nitrogen and oxygen atoms in total. The number of carbonyl (C=O) groups is 1. The zero-order valence-corrected chi connectivity index (χ0v) is 18.4. The molecule has 1 atom stereocenters. The first kappa shape index (κ1) is 21.3. The first-order valence-electron chi connectivity index (χ1n) is 11.0. The summed E-state index contributed by atoms with van der Waals surface area (Å²) in [4.78, 5) is 12.6. The summed E-state index contributed by atoms with van der Waals surface area (Å²) in [5.41, 5.74) is 4.43. The monoisotopic (exact) mass is 449 g/mol. The molecule has 0 aliphatic carbocycles. The Morgan fingerprint density at radius 1 is 0.882 bits per heavy atom. The van der Waals surface area contributed by atoms with Gasteiger partial charge in [0.2, 0.25) is 0 Å². The molecule has 0 radical (unpaired) electrons.